The largest absolute Gasteiger partial charge is 0.490 e. The summed E-state index contributed by atoms with van der Waals surface area (Å²) in [7, 11) is 0. The van der Waals surface area contributed by atoms with Crippen LogP contribution in [0.2, 0.25) is 0 Å². The zero-order chi connectivity index (χ0) is 15.5. The lowest BCUT2D eigenvalue weighted by molar-refractivity contribution is -0.151. The van der Waals surface area contributed by atoms with Crippen LogP contribution in [0.1, 0.15) is 24.9 Å². The molecule has 118 valence electrons. The molecule has 0 saturated carbocycles. The maximum Gasteiger partial charge on any atom is 0.326 e. The molecule has 1 N–H and O–H groups in total. The highest BCUT2D eigenvalue weighted by atomic mass is 19.3. The normalized spacial score (nSPS) is 16.7. The predicted molar refractivity (Wildman–Crippen MR) is 69.4 cm³/mol. The first-order valence-electron chi connectivity index (χ1n) is 6.75. The Morgan fingerprint density at radius 2 is 1.86 bits per heavy atom. The molecule has 1 aromatic carbocycles. The van der Waals surface area contributed by atoms with E-state index in [0.29, 0.717) is 31.1 Å². The monoisotopic (exact) mass is 307 g/mol. The van der Waals surface area contributed by atoms with E-state index in [1.165, 1.54) is 18.2 Å². The molecule has 1 aliphatic rings. The number of alkyl halides is 4. The van der Waals surface area contributed by atoms with Crippen molar-refractivity contribution in [1.29, 1.82) is 0 Å². The Labute approximate surface area is 120 Å². The number of rotatable bonds is 5. The van der Waals surface area contributed by atoms with Gasteiger partial charge in [-0.3, -0.25) is 0 Å². The molecule has 1 heterocycles. The lowest BCUT2D eigenvalue weighted by Crippen LogP contribution is -2.42. The van der Waals surface area contributed by atoms with Crippen LogP contribution in [0.3, 0.4) is 0 Å². The van der Waals surface area contributed by atoms with Crippen LogP contribution in [0, 0.1) is 0 Å². The molecular formula is C14H17F4NO2. The van der Waals surface area contributed by atoms with Crippen LogP contribution >= 0.6 is 0 Å². The summed E-state index contributed by atoms with van der Waals surface area (Å²) in [5.74, 6) is -3.43. The maximum absolute atomic E-state index is 13.7. The lowest BCUT2D eigenvalue weighted by Gasteiger charge is -2.27. The van der Waals surface area contributed by atoms with Gasteiger partial charge in [-0.1, -0.05) is 13.0 Å². The Hall–Kier alpha value is -1.50. The van der Waals surface area contributed by atoms with Gasteiger partial charge in [-0.2, -0.15) is 8.78 Å². The molecule has 0 bridgehead atoms. The van der Waals surface area contributed by atoms with Gasteiger partial charge in [0.1, 0.15) is 6.04 Å². The standard InChI is InChI=1S/C14H17F4NO2/c1-2-19-12(14(17,18)13(15)16)9-4-5-10-11(8-9)21-7-3-6-20-10/h4-5,8,12-13,19H,2-3,6-7H2,1H3. The van der Waals surface area contributed by atoms with E-state index in [1.54, 1.807) is 6.92 Å². The Balaban J connectivity index is 2.35. The van der Waals surface area contributed by atoms with Crippen LogP contribution in [-0.4, -0.2) is 32.1 Å². The van der Waals surface area contributed by atoms with Crippen molar-refractivity contribution in [1.82, 2.24) is 5.32 Å². The van der Waals surface area contributed by atoms with Crippen molar-refractivity contribution >= 4 is 0 Å². The van der Waals surface area contributed by atoms with E-state index >= 15 is 0 Å². The quantitative estimate of drug-likeness (QED) is 0.846. The molecule has 2 rings (SSSR count). The molecule has 21 heavy (non-hydrogen) atoms. The first-order chi connectivity index (χ1) is 9.96. The SMILES string of the molecule is CCNC(c1ccc2c(c1)OCCCO2)C(F)(F)C(F)F. The van der Waals surface area contributed by atoms with E-state index in [9.17, 15) is 17.6 Å². The summed E-state index contributed by atoms with van der Waals surface area (Å²) in [6.07, 6.45) is -3.08. The minimum Gasteiger partial charge on any atom is -0.490 e. The van der Waals surface area contributed by atoms with Crippen LogP contribution in [0.5, 0.6) is 11.5 Å². The minimum absolute atomic E-state index is 0.0476. The Morgan fingerprint density at radius 1 is 1.19 bits per heavy atom. The topological polar surface area (TPSA) is 30.5 Å². The van der Waals surface area contributed by atoms with Gasteiger partial charge in [0.2, 0.25) is 0 Å². The van der Waals surface area contributed by atoms with Gasteiger partial charge in [0.25, 0.3) is 0 Å². The number of fused-ring (bicyclic) bond motifs is 1. The molecule has 0 amide bonds. The molecule has 0 aliphatic carbocycles. The van der Waals surface area contributed by atoms with Gasteiger partial charge < -0.3 is 14.8 Å². The second-order valence-corrected chi connectivity index (χ2v) is 4.72. The summed E-state index contributed by atoms with van der Waals surface area (Å²) < 4.78 is 63.5. The van der Waals surface area contributed by atoms with Crippen molar-refractivity contribution in [3.05, 3.63) is 23.8 Å². The van der Waals surface area contributed by atoms with Crippen molar-refractivity contribution in [2.45, 2.75) is 31.7 Å². The van der Waals surface area contributed by atoms with Gasteiger partial charge in [-0.25, -0.2) is 8.78 Å². The summed E-state index contributed by atoms with van der Waals surface area (Å²) in [4.78, 5) is 0. The molecular weight excluding hydrogens is 290 g/mol. The third kappa shape index (κ3) is 3.40. The van der Waals surface area contributed by atoms with Crippen LogP contribution in [0.15, 0.2) is 18.2 Å². The van der Waals surface area contributed by atoms with Gasteiger partial charge in [0.05, 0.1) is 13.2 Å². The van der Waals surface area contributed by atoms with Gasteiger partial charge in [0, 0.05) is 6.42 Å². The maximum atomic E-state index is 13.7. The summed E-state index contributed by atoms with van der Waals surface area (Å²) in [5.41, 5.74) is 0.0476. The molecule has 1 unspecified atom stereocenters. The Bertz CT molecular complexity index is 482. The number of halogens is 4. The van der Waals surface area contributed by atoms with Crippen LogP contribution < -0.4 is 14.8 Å². The lowest BCUT2D eigenvalue weighted by atomic mass is 10.00. The van der Waals surface area contributed by atoms with E-state index < -0.39 is 18.4 Å². The highest BCUT2D eigenvalue weighted by Crippen LogP contribution is 2.40. The fourth-order valence-corrected chi connectivity index (χ4v) is 2.17. The van der Waals surface area contributed by atoms with E-state index in [-0.39, 0.29) is 12.1 Å². The van der Waals surface area contributed by atoms with Gasteiger partial charge in [0.15, 0.2) is 11.5 Å². The fraction of sp³-hybridized carbons (Fsp3) is 0.571. The molecule has 7 heteroatoms. The first-order valence-corrected chi connectivity index (χ1v) is 6.75. The van der Waals surface area contributed by atoms with Crippen molar-refractivity contribution in [3.63, 3.8) is 0 Å². The highest BCUT2D eigenvalue weighted by Gasteiger charge is 2.49. The molecule has 0 spiro atoms. The summed E-state index contributed by atoms with van der Waals surface area (Å²) in [6, 6.07) is 2.39. The molecule has 3 nitrogen and oxygen atoms in total. The summed E-state index contributed by atoms with van der Waals surface area (Å²) in [6.45, 7) is 2.59. The third-order valence-electron chi connectivity index (χ3n) is 3.19. The van der Waals surface area contributed by atoms with Gasteiger partial charge >= 0.3 is 12.3 Å². The number of benzene rings is 1. The molecule has 1 aliphatic heterocycles. The van der Waals surface area contributed by atoms with Crippen molar-refractivity contribution in [2.75, 3.05) is 19.8 Å². The summed E-state index contributed by atoms with van der Waals surface area (Å²) in [5, 5.41) is 2.42. The van der Waals surface area contributed by atoms with Crippen LogP contribution in [0.4, 0.5) is 17.6 Å². The Kier molecular flexibility index (Phi) is 4.92. The van der Waals surface area contributed by atoms with Crippen molar-refractivity contribution in [2.24, 2.45) is 0 Å². The first kappa shape index (κ1) is 15.9. The number of hydrogen-bond acceptors (Lipinski definition) is 3. The number of nitrogens with one attached hydrogen (secondary N) is 1. The Morgan fingerprint density at radius 3 is 2.48 bits per heavy atom. The average molecular weight is 307 g/mol. The fourth-order valence-electron chi connectivity index (χ4n) is 2.17. The second-order valence-electron chi connectivity index (χ2n) is 4.72. The third-order valence-corrected chi connectivity index (χ3v) is 3.19. The van der Waals surface area contributed by atoms with Crippen LogP contribution in [0.25, 0.3) is 0 Å². The molecule has 1 aromatic rings. The number of ether oxygens (including phenoxy) is 2. The average Bonchev–Trinajstić information content (AvgIpc) is 2.68. The molecule has 0 fully saturated rings. The highest BCUT2D eigenvalue weighted by molar-refractivity contribution is 5.44. The number of hydrogen-bond donors (Lipinski definition) is 1. The smallest absolute Gasteiger partial charge is 0.326 e. The predicted octanol–water partition coefficient (Wildman–Crippen LogP) is 3.40. The molecule has 0 saturated heterocycles. The van der Waals surface area contributed by atoms with Gasteiger partial charge in [-0.15, -0.1) is 0 Å². The van der Waals surface area contributed by atoms with E-state index in [1.807, 2.05) is 0 Å². The van der Waals surface area contributed by atoms with Crippen molar-refractivity contribution < 1.29 is 27.0 Å². The van der Waals surface area contributed by atoms with Crippen molar-refractivity contribution in [3.8, 4) is 11.5 Å². The second kappa shape index (κ2) is 6.51. The minimum atomic E-state index is -4.17. The molecule has 1 atom stereocenters. The zero-order valence-corrected chi connectivity index (χ0v) is 11.5. The zero-order valence-electron chi connectivity index (χ0n) is 11.5. The van der Waals surface area contributed by atoms with E-state index in [0.717, 1.165) is 0 Å². The summed E-state index contributed by atoms with van der Waals surface area (Å²) >= 11 is 0. The van der Waals surface area contributed by atoms with Gasteiger partial charge in [-0.05, 0) is 24.2 Å². The van der Waals surface area contributed by atoms with Crippen LogP contribution in [-0.2, 0) is 0 Å². The van der Waals surface area contributed by atoms with E-state index in [4.69, 9.17) is 9.47 Å². The molecule has 0 radical (unpaired) electrons. The molecule has 0 aromatic heterocycles. The van der Waals surface area contributed by atoms with E-state index in [2.05, 4.69) is 5.32 Å².